The first kappa shape index (κ1) is 16.9. The van der Waals surface area contributed by atoms with Crippen LogP contribution in [0.15, 0.2) is 48.7 Å². The molecule has 0 bridgehead atoms. The van der Waals surface area contributed by atoms with Crippen molar-refractivity contribution in [3.8, 4) is 0 Å². The van der Waals surface area contributed by atoms with Gasteiger partial charge in [-0.2, -0.15) is 0 Å². The van der Waals surface area contributed by atoms with E-state index < -0.39 is 0 Å². The third-order valence-electron chi connectivity index (χ3n) is 2.98. The molecule has 0 amide bonds. The molecule has 1 aromatic carbocycles. The van der Waals surface area contributed by atoms with Gasteiger partial charge in [-0.15, -0.1) is 0 Å². The minimum absolute atomic E-state index is 0. The smallest absolute Gasteiger partial charge is 0.340 e. The quantitative estimate of drug-likeness (QED) is 0.786. The number of carbonyl (C=O) groups is 1. The van der Waals surface area contributed by atoms with Crippen molar-refractivity contribution in [3.05, 3.63) is 65.5 Å². The molecule has 0 aliphatic carbocycles. The summed E-state index contributed by atoms with van der Waals surface area (Å²) in [6.07, 6.45) is 1.58. The predicted molar refractivity (Wildman–Crippen MR) is 85.2 cm³/mol. The Hall–Kier alpha value is -2.16. The maximum absolute atomic E-state index is 11.9. The van der Waals surface area contributed by atoms with Crippen molar-refractivity contribution in [2.75, 3.05) is 0 Å². The number of hydrogen-bond donors (Lipinski definition) is 0. The molecule has 0 N–H and O–H groups in total. The summed E-state index contributed by atoms with van der Waals surface area (Å²) in [6.45, 7) is 6.54. The summed E-state index contributed by atoms with van der Waals surface area (Å²) in [7, 11) is 0. The molecule has 0 aliphatic rings. The van der Waals surface area contributed by atoms with Crippen LogP contribution < -0.4 is 0 Å². The number of benzene rings is 1. The molecule has 0 saturated heterocycles. The van der Waals surface area contributed by atoms with Gasteiger partial charge in [0.1, 0.15) is 6.61 Å². The average molecular weight is 285 g/mol. The summed E-state index contributed by atoms with van der Waals surface area (Å²) in [5.74, 6) is -0.346. The molecule has 0 unspecified atom stereocenters. The number of ether oxygens (including phenoxy) is 1. The van der Waals surface area contributed by atoms with Gasteiger partial charge < -0.3 is 4.74 Å². The van der Waals surface area contributed by atoms with Gasteiger partial charge in [0.2, 0.25) is 0 Å². The molecule has 0 fully saturated rings. The highest BCUT2D eigenvalue weighted by atomic mass is 16.5. The summed E-state index contributed by atoms with van der Waals surface area (Å²) >= 11 is 0. The Morgan fingerprint density at radius 1 is 1.10 bits per heavy atom. The van der Waals surface area contributed by atoms with Gasteiger partial charge in [-0.1, -0.05) is 58.5 Å². The Kier molecular flexibility index (Phi) is 5.65. The summed E-state index contributed by atoms with van der Waals surface area (Å²) in [5, 5.41) is 0. The van der Waals surface area contributed by atoms with Crippen LogP contribution in [-0.2, 0) is 16.8 Å². The van der Waals surface area contributed by atoms with E-state index in [9.17, 15) is 4.79 Å². The second-order valence-electron chi connectivity index (χ2n) is 5.74. The fourth-order valence-corrected chi connectivity index (χ4v) is 1.76. The number of hydrogen-bond acceptors (Lipinski definition) is 3. The fourth-order valence-electron chi connectivity index (χ4n) is 1.76. The minimum atomic E-state index is -0.346. The zero-order valence-electron chi connectivity index (χ0n) is 12.1. The first-order valence-corrected chi connectivity index (χ1v) is 6.64. The number of aromatic nitrogens is 1. The number of rotatable bonds is 3. The summed E-state index contributed by atoms with van der Waals surface area (Å²) < 4.78 is 5.26. The molecule has 0 atom stereocenters. The second kappa shape index (κ2) is 7.02. The SMILES string of the molecule is C.CC(C)(C)c1ccc(C(=O)OCc2ccccc2)cn1. The topological polar surface area (TPSA) is 39.2 Å². The van der Waals surface area contributed by atoms with Gasteiger partial charge in [0.05, 0.1) is 5.56 Å². The molecule has 1 heterocycles. The Labute approximate surface area is 127 Å². The molecule has 0 radical (unpaired) electrons. The van der Waals surface area contributed by atoms with E-state index in [0.29, 0.717) is 5.56 Å². The normalized spacial score (nSPS) is 10.6. The number of pyridine rings is 1. The lowest BCUT2D eigenvalue weighted by atomic mass is 9.91. The highest BCUT2D eigenvalue weighted by molar-refractivity contribution is 5.88. The Balaban J connectivity index is 0.00000220. The first-order valence-electron chi connectivity index (χ1n) is 6.64. The van der Waals surface area contributed by atoms with Crippen molar-refractivity contribution in [1.82, 2.24) is 4.98 Å². The first-order chi connectivity index (χ1) is 9.47. The van der Waals surface area contributed by atoms with Gasteiger partial charge in [0, 0.05) is 17.3 Å². The molecule has 2 rings (SSSR count). The zero-order chi connectivity index (χ0) is 14.6. The van der Waals surface area contributed by atoms with Crippen molar-refractivity contribution < 1.29 is 9.53 Å². The van der Waals surface area contributed by atoms with Crippen molar-refractivity contribution in [1.29, 1.82) is 0 Å². The predicted octanol–water partition coefficient (Wildman–Crippen LogP) is 4.37. The third-order valence-corrected chi connectivity index (χ3v) is 2.98. The van der Waals surface area contributed by atoms with Crippen LogP contribution in [0, 0.1) is 0 Å². The van der Waals surface area contributed by atoms with Gasteiger partial charge in [-0.25, -0.2) is 4.79 Å². The van der Waals surface area contributed by atoms with E-state index in [0.717, 1.165) is 11.3 Å². The number of carbonyl (C=O) groups excluding carboxylic acids is 1. The lowest BCUT2D eigenvalue weighted by Crippen LogP contribution is -2.14. The molecule has 0 aliphatic heterocycles. The average Bonchev–Trinajstić information content (AvgIpc) is 2.45. The third kappa shape index (κ3) is 4.71. The lowest BCUT2D eigenvalue weighted by Gasteiger charge is -2.17. The number of esters is 1. The van der Waals surface area contributed by atoms with Crippen LogP contribution in [0.4, 0.5) is 0 Å². The molecule has 3 heteroatoms. The van der Waals surface area contributed by atoms with E-state index >= 15 is 0 Å². The van der Waals surface area contributed by atoms with Gasteiger partial charge >= 0.3 is 5.97 Å². The van der Waals surface area contributed by atoms with Crippen molar-refractivity contribution in [2.45, 2.75) is 40.2 Å². The molecule has 3 nitrogen and oxygen atoms in total. The molecule has 112 valence electrons. The van der Waals surface area contributed by atoms with Crippen molar-refractivity contribution >= 4 is 5.97 Å². The van der Waals surface area contributed by atoms with Crippen LogP contribution in [0.25, 0.3) is 0 Å². The Morgan fingerprint density at radius 2 is 1.76 bits per heavy atom. The zero-order valence-corrected chi connectivity index (χ0v) is 12.1. The molecular formula is C18H23NO2. The van der Waals surface area contributed by atoms with Crippen molar-refractivity contribution in [2.24, 2.45) is 0 Å². The molecule has 1 aromatic heterocycles. The molecular weight excluding hydrogens is 262 g/mol. The standard InChI is InChI=1S/C17H19NO2.CH4/c1-17(2,3)15-10-9-14(11-18-15)16(19)20-12-13-7-5-4-6-8-13;/h4-11H,12H2,1-3H3;1H4. The van der Waals surface area contributed by atoms with E-state index in [2.05, 4.69) is 25.8 Å². The maximum Gasteiger partial charge on any atom is 0.340 e. The highest BCUT2D eigenvalue weighted by Crippen LogP contribution is 2.19. The largest absolute Gasteiger partial charge is 0.457 e. The van der Waals surface area contributed by atoms with Gasteiger partial charge in [-0.3, -0.25) is 4.98 Å². The van der Waals surface area contributed by atoms with E-state index in [1.165, 1.54) is 0 Å². The molecule has 0 saturated carbocycles. The minimum Gasteiger partial charge on any atom is -0.457 e. The van der Waals surface area contributed by atoms with E-state index in [4.69, 9.17) is 4.74 Å². The maximum atomic E-state index is 11.9. The molecule has 21 heavy (non-hydrogen) atoms. The number of nitrogens with zero attached hydrogens (tertiary/aromatic N) is 1. The fraction of sp³-hybridized carbons (Fsp3) is 0.333. The second-order valence-corrected chi connectivity index (χ2v) is 5.74. The highest BCUT2D eigenvalue weighted by Gasteiger charge is 2.16. The monoisotopic (exact) mass is 285 g/mol. The lowest BCUT2D eigenvalue weighted by molar-refractivity contribution is 0.0472. The van der Waals surface area contributed by atoms with Crippen LogP contribution in [0.5, 0.6) is 0 Å². The summed E-state index contributed by atoms with van der Waals surface area (Å²) in [4.78, 5) is 16.2. The van der Waals surface area contributed by atoms with Crippen LogP contribution in [-0.4, -0.2) is 11.0 Å². The van der Waals surface area contributed by atoms with Crippen LogP contribution in [0.3, 0.4) is 0 Å². The Morgan fingerprint density at radius 3 is 2.29 bits per heavy atom. The van der Waals surface area contributed by atoms with Crippen LogP contribution in [0.2, 0.25) is 0 Å². The Bertz CT molecular complexity index is 568. The molecule has 0 spiro atoms. The van der Waals surface area contributed by atoms with Gasteiger partial charge in [0.15, 0.2) is 0 Å². The summed E-state index contributed by atoms with van der Waals surface area (Å²) in [6, 6.07) is 13.3. The molecule has 2 aromatic rings. The van der Waals surface area contributed by atoms with E-state index in [-0.39, 0.29) is 25.4 Å². The van der Waals surface area contributed by atoms with Crippen LogP contribution >= 0.6 is 0 Å². The van der Waals surface area contributed by atoms with Gasteiger partial charge in [-0.05, 0) is 17.7 Å². The van der Waals surface area contributed by atoms with Gasteiger partial charge in [0.25, 0.3) is 0 Å². The van der Waals surface area contributed by atoms with E-state index in [1.54, 1.807) is 12.3 Å². The van der Waals surface area contributed by atoms with Crippen LogP contribution in [0.1, 0.15) is 49.8 Å². The summed E-state index contributed by atoms with van der Waals surface area (Å²) in [5.41, 5.74) is 2.39. The van der Waals surface area contributed by atoms with Crippen molar-refractivity contribution in [3.63, 3.8) is 0 Å². The van der Waals surface area contributed by atoms with E-state index in [1.807, 2.05) is 36.4 Å².